The Kier molecular flexibility index (Phi) is 3.89. The van der Waals surface area contributed by atoms with E-state index >= 15 is 0 Å². The van der Waals surface area contributed by atoms with Crippen LogP contribution >= 0.6 is 23.2 Å². The van der Waals surface area contributed by atoms with Crippen LogP contribution in [0.2, 0.25) is 5.02 Å². The van der Waals surface area contributed by atoms with E-state index in [0.29, 0.717) is 5.38 Å². The second kappa shape index (κ2) is 5.07. The molecule has 0 radical (unpaired) electrons. The van der Waals surface area contributed by atoms with E-state index in [1.54, 1.807) is 7.11 Å². The van der Waals surface area contributed by atoms with Crippen LogP contribution in [0.1, 0.15) is 31.7 Å². The lowest BCUT2D eigenvalue weighted by Crippen LogP contribution is -2.16. The lowest BCUT2D eigenvalue weighted by molar-refractivity contribution is 0.325. The lowest BCUT2D eigenvalue weighted by atomic mass is 9.82. The van der Waals surface area contributed by atoms with Gasteiger partial charge in [-0.2, -0.15) is 0 Å². The molecule has 2 unspecified atom stereocenters. The van der Waals surface area contributed by atoms with Gasteiger partial charge in [0, 0.05) is 10.4 Å². The Morgan fingerprint density at radius 3 is 2.82 bits per heavy atom. The first kappa shape index (κ1) is 13.0. The van der Waals surface area contributed by atoms with Gasteiger partial charge in [-0.15, -0.1) is 11.6 Å². The summed E-state index contributed by atoms with van der Waals surface area (Å²) in [6, 6.07) is 5.81. The number of halogens is 2. The summed E-state index contributed by atoms with van der Waals surface area (Å²) >= 11 is 12.3. The molecule has 0 aliphatic heterocycles. The first-order valence-corrected chi connectivity index (χ1v) is 6.80. The zero-order chi connectivity index (χ0) is 12.5. The maximum atomic E-state index is 6.21. The lowest BCUT2D eigenvalue weighted by Gasteiger charge is -2.24. The molecule has 0 N–H and O–H groups in total. The Bertz CT molecular complexity index is 405. The maximum absolute atomic E-state index is 6.21. The quantitative estimate of drug-likeness (QED) is 0.726. The standard InChI is InChI=1S/C14H18Cl2O/c1-14(6-5-12(16)9-14)8-10-7-11(15)3-4-13(10)17-2/h3-4,7,12H,5-6,8-9H2,1-2H3. The minimum absolute atomic E-state index is 0.282. The first-order chi connectivity index (χ1) is 8.02. The highest BCUT2D eigenvalue weighted by Crippen LogP contribution is 2.44. The normalized spacial score (nSPS) is 28.4. The summed E-state index contributed by atoms with van der Waals surface area (Å²) in [5, 5.41) is 1.09. The maximum Gasteiger partial charge on any atom is 0.122 e. The van der Waals surface area contributed by atoms with Gasteiger partial charge in [0.05, 0.1) is 7.11 Å². The fraction of sp³-hybridized carbons (Fsp3) is 0.571. The topological polar surface area (TPSA) is 9.23 Å². The minimum Gasteiger partial charge on any atom is -0.496 e. The molecule has 1 aliphatic carbocycles. The second-order valence-corrected chi connectivity index (χ2v) is 6.34. The van der Waals surface area contributed by atoms with Crippen molar-refractivity contribution in [3.63, 3.8) is 0 Å². The van der Waals surface area contributed by atoms with Crippen LogP contribution in [-0.4, -0.2) is 12.5 Å². The van der Waals surface area contributed by atoms with Crippen molar-refractivity contribution in [3.8, 4) is 5.75 Å². The molecule has 17 heavy (non-hydrogen) atoms. The Morgan fingerprint density at radius 2 is 2.24 bits per heavy atom. The van der Waals surface area contributed by atoms with Crippen molar-refractivity contribution in [1.82, 2.24) is 0 Å². The number of ether oxygens (including phenoxy) is 1. The molecule has 3 heteroatoms. The summed E-state index contributed by atoms with van der Waals surface area (Å²) in [5.74, 6) is 0.925. The molecule has 0 amide bonds. The molecule has 0 saturated heterocycles. The van der Waals surface area contributed by atoms with Gasteiger partial charge in [-0.1, -0.05) is 18.5 Å². The molecular formula is C14H18Cl2O. The van der Waals surface area contributed by atoms with Crippen molar-refractivity contribution in [2.24, 2.45) is 5.41 Å². The van der Waals surface area contributed by atoms with Crippen LogP contribution < -0.4 is 4.74 Å². The fourth-order valence-electron chi connectivity index (χ4n) is 2.75. The molecule has 1 aliphatic rings. The van der Waals surface area contributed by atoms with Crippen molar-refractivity contribution in [3.05, 3.63) is 28.8 Å². The van der Waals surface area contributed by atoms with Crippen LogP contribution in [0, 0.1) is 5.41 Å². The van der Waals surface area contributed by atoms with Gasteiger partial charge in [0.1, 0.15) is 5.75 Å². The molecule has 0 spiro atoms. The molecule has 1 nitrogen and oxygen atoms in total. The van der Waals surface area contributed by atoms with E-state index in [9.17, 15) is 0 Å². The highest BCUT2D eigenvalue weighted by atomic mass is 35.5. The zero-order valence-electron chi connectivity index (χ0n) is 10.3. The summed E-state index contributed by atoms with van der Waals surface area (Å²) in [5.41, 5.74) is 1.47. The molecule has 0 heterocycles. The second-order valence-electron chi connectivity index (χ2n) is 5.28. The highest BCUT2D eigenvalue weighted by molar-refractivity contribution is 6.30. The van der Waals surface area contributed by atoms with Gasteiger partial charge < -0.3 is 4.74 Å². The van der Waals surface area contributed by atoms with Crippen LogP contribution in [0.3, 0.4) is 0 Å². The average Bonchev–Trinajstić information content (AvgIpc) is 2.59. The molecule has 1 saturated carbocycles. The molecule has 2 atom stereocenters. The van der Waals surface area contributed by atoms with Crippen LogP contribution in [0.5, 0.6) is 5.75 Å². The molecule has 94 valence electrons. The van der Waals surface area contributed by atoms with E-state index in [1.165, 1.54) is 12.0 Å². The van der Waals surface area contributed by atoms with Gasteiger partial charge in [-0.25, -0.2) is 0 Å². The first-order valence-electron chi connectivity index (χ1n) is 5.99. The van der Waals surface area contributed by atoms with E-state index in [1.807, 2.05) is 18.2 Å². The highest BCUT2D eigenvalue weighted by Gasteiger charge is 2.34. The smallest absolute Gasteiger partial charge is 0.122 e. The van der Waals surface area contributed by atoms with E-state index in [2.05, 4.69) is 6.92 Å². The molecule has 1 fully saturated rings. The third-order valence-electron chi connectivity index (χ3n) is 3.64. The Balaban J connectivity index is 2.20. The number of methoxy groups -OCH3 is 1. The summed E-state index contributed by atoms with van der Waals surface area (Å²) in [4.78, 5) is 0. The molecule has 0 bridgehead atoms. The third kappa shape index (κ3) is 3.08. The predicted molar refractivity (Wildman–Crippen MR) is 73.3 cm³/mol. The van der Waals surface area contributed by atoms with Crippen LogP contribution in [0.15, 0.2) is 18.2 Å². The van der Waals surface area contributed by atoms with E-state index < -0.39 is 0 Å². The number of hydrogen-bond acceptors (Lipinski definition) is 1. The van der Waals surface area contributed by atoms with E-state index in [-0.39, 0.29) is 5.41 Å². The van der Waals surface area contributed by atoms with Crippen molar-refractivity contribution >= 4 is 23.2 Å². The van der Waals surface area contributed by atoms with Gasteiger partial charge in [0.2, 0.25) is 0 Å². The fourth-order valence-corrected chi connectivity index (χ4v) is 3.43. The summed E-state index contributed by atoms with van der Waals surface area (Å²) in [6.07, 6.45) is 4.35. The monoisotopic (exact) mass is 272 g/mol. The Labute approximate surface area is 113 Å². The minimum atomic E-state index is 0.282. The van der Waals surface area contributed by atoms with Gasteiger partial charge >= 0.3 is 0 Å². The predicted octanol–water partition coefficient (Wildman–Crippen LogP) is 4.69. The van der Waals surface area contributed by atoms with Crippen molar-refractivity contribution in [2.45, 2.75) is 38.0 Å². The average molecular weight is 273 g/mol. The van der Waals surface area contributed by atoms with Crippen LogP contribution in [0.4, 0.5) is 0 Å². The van der Waals surface area contributed by atoms with Gasteiger partial charge in [0.25, 0.3) is 0 Å². The van der Waals surface area contributed by atoms with E-state index in [0.717, 1.165) is 30.0 Å². The Hall–Kier alpha value is -0.400. The number of hydrogen-bond donors (Lipinski definition) is 0. The molecule has 1 aromatic rings. The zero-order valence-corrected chi connectivity index (χ0v) is 11.8. The Morgan fingerprint density at radius 1 is 1.47 bits per heavy atom. The van der Waals surface area contributed by atoms with E-state index in [4.69, 9.17) is 27.9 Å². The van der Waals surface area contributed by atoms with Crippen molar-refractivity contribution in [1.29, 1.82) is 0 Å². The van der Waals surface area contributed by atoms with Crippen molar-refractivity contribution < 1.29 is 4.74 Å². The van der Waals surface area contributed by atoms with Crippen LogP contribution in [-0.2, 0) is 6.42 Å². The molecule has 2 rings (SSSR count). The van der Waals surface area contributed by atoms with Gasteiger partial charge in [-0.05, 0) is 54.9 Å². The largest absolute Gasteiger partial charge is 0.496 e. The molecule has 0 aromatic heterocycles. The van der Waals surface area contributed by atoms with Crippen LogP contribution in [0.25, 0.3) is 0 Å². The molecular weight excluding hydrogens is 255 g/mol. The summed E-state index contributed by atoms with van der Waals surface area (Å²) in [7, 11) is 1.70. The summed E-state index contributed by atoms with van der Waals surface area (Å²) < 4.78 is 5.39. The number of alkyl halides is 1. The van der Waals surface area contributed by atoms with Gasteiger partial charge in [0.15, 0.2) is 0 Å². The third-order valence-corrected chi connectivity index (χ3v) is 4.24. The summed E-state index contributed by atoms with van der Waals surface area (Å²) in [6.45, 7) is 2.30. The number of rotatable bonds is 3. The SMILES string of the molecule is COc1ccc(Cl)cc1CC1(C)CCC(Cl)C1. The van der Waals surface area contributed by atoms with Gasteiger partial charge in [-0.3, -0.25) is 0 Å². The van der Waals surface area contributed by atoms with Crippen molar-refractivity contribution in [2.75, 3.05) is 7.11 Å². The number of benzene rings is 1. The molecule has 1 aromatic carbocycles.